The molecular weight excluding hydrogens is 192 g/mol. The fourth-order valence-corrected chi connectivity index (χ4v) is 3.61. The molecule has 0 bridgehead atoms. The fourth-order valence-electron chi connectivity index (χ4n) is 3.61. The molecule has 0 amide bonds. The average molecular weight is 222 g/mol. The molecule has 0 radical (unpaired) electrons. The van der Waals surface area contributed by atoms with Gasteiger partial charge in [0.25, 0.3) is 0 Å². The average Bonchev–Trinajstić information content (AvgIpc) is 2.07. The van der Waals surface area contributed by atoms with E-state index in [4.69, 9.17) is 0 Å². The van der Waals surface area contributed by atoms with Gasteiger partial charge < -0.3 is 0 Å². The van der Waals surface area contributed by atoms with Crippen LogP contribution < -0.4 is 0 Å². The van der Waals surface area contributed by atoms with E-state index in [1.165, 1.54) is 51.4 Å². The summed E-state index contributed by atoms with van der Waals surface area (Å²) in [6.07, 6.45) is 11.9. The van der Waals surface area contributed by atoms with Gasteiger partial charge in [-0.2, -0.15) is 0 Å². The monoisotopic (exact) mass is 222 g/mol. The molecule has 0 aromatic carbocycles. The van der Waals surface area contributed by atoms with Crippen LogP contribution in [0.5, 0.6) is 0 Å². The standard InChI is InChI=1S/C16H30/c1-15(2)9-8-14(13-6-5-7-13)12-16(3,4)11-10-15/h13-14H,5-12H2,1-4H3. The third kappa shape index (κ3) is 3.02. The molecule has 1 unspecified atom stereocenters. The third-order valence-corrected chi connectivity index (χ3v) is 5.30. The van der Waals surface area contributed by atoms with E-state index in [1.54, 1.807) is 0 Å². The lowest BCUT2D eigenvalue weighted by Gasteiger charge is -2.43. The van der Waals surface area contributed by atoms with Crippen molar-refractivity contribution in [1.29, 1.82) is 0 Å². The lowest BCUT2D eigenvalue weighted by atomic mass is 9.62. The van der Waals surface area contributed by atoms with Crippen molar-refractivity contribution in [2.45, 2.75) is 79.1 Å². The summed E-state index contributed by atoms with van der Waals surface area (Å²) in [4.78, 5) is 0. The second-order valence-corrected chi connectivity index (χ2v) is 8.02. The molecule has 2 aliphatic carbocycles. The maximum absolute atomic E-state index is 2.50. The normalized spacial score (nSPS) is 34.9. The molecule has 2 aliphatic rings. The lowest BCUT2D eigenvalue weighted by Crippen LogP contribution is -2.31. The summed E-state index contributed by atoms with van der Waals surface area (Å²) in [6.45, 7) is 9.96. The Bertz CT molecular complexity index is 232. The van der Waals surface area contributed by atoms with E-state index in [-0.39, 0.29) is 0 Å². The molecule has 0 spiro atoms. The predicted octanol–water partition coefficient (Wildman–Crippen LogP) is 5.42. The molecule has 0 aromatic rings. The van der Waals surface area contributed by atoms with Gasteiger partial charge in [-0.1, -0.05) is 47.0 Å². The molecule has 0 aromatic heterocycles. The molecule has 0 heteroatoms. The van der Waals surface area contributed by atoms with Crippen molar-refractivity contribution in [3.8, 4) is 0 Å². The van der Waals surface area contributed by atoms with Gasteiger partial charge in [0.05, 0.1) is 0 Å². The maximum Gasteiger partial charge on any atom is -0.0351 e. The van der Waals surface area contributed by atoms with Crippen molar-refractivity contribution < 1.29 is 0 Å². The first-order valence-electron chi connectivity index (χ1n) is 7.38. The van der Waals surface area contributed by atoms with Crippen LogP contribution in [0.2, 0.25) is 0 Å². The highest BCUT2D eigenvalue weighted by Crippen LogP contribution is 2.48. The largest absolute Gasteiger partial charge is 0.0599 e. The number of hydrogen-bond acceptors (Lipinski definition) is 0. The fraction of sp³-hybridized carbons (Fsp3) is 1.00. The second-order valence-electron chi connectivity index (χ2n) is 8.02. The first-order chi connectivity index (χ1) is 7.38. The maximum atomic E-state index is 2.50. The molecule has 2 saturated carbocycles. The Hall–Kier alpha value is 0. The number of hydrogen-bond donors (Lipinski definition) is 0. The van der Waals surface area contributed by atoms with Crippen LogP contribution in [0.25, 0.3) is 0 Å². The molecule has 1 atom stereocenters. The molecule has 0 heterocycles. The number of rotatable bonds is 1. The van der Waals surface area contributed by atoms with Gasteiger partial charge in [0, 0.05) is 0 Å². The van der Waals surface area contributed by atoms with Crippen molar-refractivity contribution in [2.75, 3.05) is 0 Å². The van der Waals surface area contributed by atoms with Gasteiger partial charge in [0.2, 0.25) is 0 Å². The summed E-state index contributed by atoms with van der Waals surface area (Å²) < 4.78 is 0. The van der Waals surface area contributed by atoms with E-state index in [2.05, 4.69) is 27.7 Å². The highest BCUT2D eigenvalue weighted by molar-refractivity contribution is 4.87. The second kappa shape index (κ2) is 4.35. The topological polar surface area (TPSA) is 0 Å². The van der Waals surface area contributed by atoms with Gasteiger partial charge in [0.15, 0.2) is 0 Å². The van der Waals surface area contributed by atoms with Crippen molar-refractivity contribution in [3.05, 3.63) is 0 Å². The molecular formula is C16H30. The van der Waals surface area contributed by atoms with Gasteiger partial charge in [-0.15, -0.1) is 0 Å². The molecule has 2 fully saturated rings. The Balaban J connectivity index is 2.02. The molecule has 0 N–H and O–H groups in total. The van der Waals surface area contributed by atoms with Crippen molar-refractivity contribution >= 4 is 0 Å². The van der Waals surface area contributed by atoms with E-state index in [9.17, 15) is 0 Å². The van der Waals surface area contributed by atoms with Gasteiger partial charge in [-0.3, -0.25) is 0 Å². The van der Waals surface area contributed by atoms with E-state index < -0.39 is 0 Å². The Morgan fingerprint density at radius 3 is 1.88 bits per heavy atom. The van der Waals surface area contributed by atoms with Gasteiger partial charge in [0.1, 0.15) is 0 Å². The summed E-state index contributed by atoms with van der Waals surface area (Å²) in [6, 6.07) is 0. The molecule has 94 valence electrons. The smallest absolute Gasteiger partial charge is 0.0351 e. The van der Waals surface area contributed by atoms with Crippen LogP contribution in [0.4, 0.5) is 0 Å². The zero-order valence-corrected chi connectivity index (χ0v) is 11.8. The van der Waals surface area contributed by atoms with Crippen LogP contribution in [0.15, 0.2) is 0 Å². The lowest BCUT2D eigenvalue weighted by molar-refractivity contribution is 0.0823. The van der Waals surface area contributed by atoms with Crippen LogP contribution in [0, 0.1) is 22.7 Å². The van der Waals surface area contributed by atoms with Crippen molar-refractivity contribution in [3.63, 3.8) is 0 Å². The van der Waals surface area contributed by atoms with Crippen LogP contribution in [0.3, 0.4) is 0 Å². The summed E-state index contributed by atoms with van der Waals surface area (Å²) in [7, 11) is 0. The first kappa shape index (κ1) is 12.5. The Labute approximate surface area is 102 Å². The van der Waals surface area contributed by atoms with E-state index in [0.29, 0.717) is 10.8 Å². The summed E-state index contributed by atoms with van der Waals surface area (Å²) in [5.74, 6) is 2.14. The highest BCUT2D eigenvalue weighted by atomic mass is 14.4. The van der Waals surface area contributed by atoms with Gasteiger partial charge >= 0.3 is 0 Å². The van der Waals surface area contributed by atoms with Crippen molar-refractivity contribution in [1.82, 2.24) is 0 Å². The van der Waals surface area contributed by atoms with E-state index in [0.717, 1.165) is 11.8 Å². The molecule has 0 nitrogen and oxygen atoms in total. The minimum Gasteiger partial charge on any atom is -0.0599 e. The molecule has 0 saturated heterocycles. The predicted molar refractivity (Wildman–Crippen MR) is 71.5 cm³/mol. The van der Waals surface area contributed by atoms with Crippen molar-refractivity contribution in [2.24, 2.45) is 22.7 Å². The molecule has 16 heavy (non-hydrogen) atoms. The minimum atomic E-state index is 0.595. The van der Waals surface area contributed by atoms with Gasteiger partial charge in [-0.05, 0) is 54.8 Å². The van der Waals surface area contributed by atoms with Crippen LogP contribution in [-0.2, 0) is 0 Å². The minimum absolute atomic E-state index is 0.595. The zero-order chi connectivity index (χ0) is 11.8. The molecule has 2 rings (SSSR count). The first-order valence-corrected chi connectivity index (χ1v) is 7.38. The van der Waals surface area contributed by atoms with E-state index >= 15 is 0 Å². The summed E-state index contributed by atoms with van der Waals surface area (Å²) >= 11 is 0. The summed E-state index contributed by atoms with van der Waals surface area (Å²) in [5, 5.41) is 0. The zero-order valence-electron chi connectivity index (χ0n) is 11.8. The van der Waals surface area contributed by atoms with Gasteiger partial charge in [-0.25, -0.2) is 0 Å². The Kier molecular flexibility index (Phi) is 3.39. The third-order valence-electron chi connectivity index (χ3n) is 5.30. The summed E-state index contributed by atoms with van der Waals surface area (Å²) in [5.41, 5.74) is 1.19. The molecule has 0 aliphatic heterocycles. The van der Waals surface area contributed by atoms with Crippen LogP contribution in [0.1, 0.15) is 79.1 Å². The Morgan fingerprint density at radius 1 is 0.688 bits per heavy atom. The van der Waals surface area contributed by atoms with Crippen LogP contribution in [-0.4, -0.2) is 0 Å². The quantitative estimate of drug-likeness (QED) is 0.556. The van der Waals surface area contributed by atoms with Crippen LogP contribution >= 0.6 is 0 Å². The highest BCUT2D eigenvalue weighted by Gasteiger charge is 2.36. The Morgan fingerprint density at radius 2 is 1.31 bits per heavy atom. The SMILES string of the molecule is CC1(C)CCC(C2CCC2)CC(C)(C)CC1. The van der Waals surface area contributed by atoms with E-state index in [1.807, 2.05) is 0 Å².